The summed E-state index contributed by atoms with van der Waals surface area (Å²) in [5.41, 5.74) is 1.45. The molecule has 0 spiro atoms. The van der Waals surface area contributed by atoms with E-state index in [9.17, 15) is 4.79 Å². The van der Waals surface area contributed by atoms with Crippen molar-refractivity contribution in [2.24, 2.45) is 4.99 Å². The molecule has 1 amide bonds. The van der Waals surface area contributed by atoms with E-state index in [1.54, 1.807) is 18.2 Å². The number of hydrogen-bond donors (Lipinski definition) is 0. The third-order valence-corrected chi connectivity index (χ3v) is 5.69. The summed E-state index contributed by atoms with van der Waals surface area (Å²) in [6, 6.07) is 9.05. The number of amides is 1. The van der Waals surface area contributed by atoms with Gasteiger partial charge in [0.25, 0.3) is 5.91 Å². The molecule has 0 saturated carbocycles. The number of carbonyl (C=O) groups is 1. The van der Waals surface area contributed by atoms with Crippen molar-refractivity contribution in [2.75, 3.05) is 26.4 Å². The summed E-state index contributed by atoms with van der Waals surface area (Å²) in [4.78, 5) is 17.8. The van der Waals surface area contributed by atoms with E-state index in [1.165, 1.54) is 11.3 Å². The van der Waals surface area contributed by atoms with Gasteiger partial charge in [0.15, 0.2) is 27.8 Å². The molecule has 0 unspecified atom stereocenters. The average Bonchev–Trinajstić information content (AvgIpc) is 3.07. The van der Waals surface area contributed by atoms with Crippen molar-refractivity contribution in [1.29, 1.82) is 0 Å². The van der Waals surface area contributed by atoms with E-state index >= 15 is 0 Å². The molecule has 144 valence electrons. The Balaban J connectivity index is 1.58. The Labute approximate surface area is 164 Å². The molecule has 5 rings (SSSR count). The average molecular weight is 398 g/mol. The zero-order valence-corrected chi connectivity index (χ0v) is 16.1. The molecule has 8 heteroatoms. The van der Waals surface area contributed by atoms with Crippen LogP contribution in [0.5, 0.6) is 23.0 Å². The third kappa shape index (κ3) is 2.90. The fourth-order valence-electron chi connectivity index (χ4n) is 3.33. The van der Waals surface area contributed by atoms with Crippen molar-refractivity contribution in [2.45, 2.75) is 13.5 Å². The molecule has 0 fully saturated rings. The van der Waals surface area contributed by atoms with E-state index in [2.05, 4.69) is 4.99 Å². The summed E-state index contributed by atoms with van der Waals surface area (Å²) in [5, 5.41) is 0. The van der Waals surface area contributed by atoms with Gasteiger partial charge in [-0.15, -0.1) is 0 Å². The highest BCUT2D eigenvalue weighted by Crippen LogP contribution is 2.35. The molecule has 3 aromatic rings. The van der Waals surface area contributed by atoms with Crippen LogP contribution in [0.25, 0.3) is 10.2 Å². The molecular formula is C20H18N2O5S. The van der Waals surface area contributed by atoms with E-state index < -0.39 is 0 Å². The minimum absolute atomic E-state index is 0.317. The Morgan fingerprint density at radius 3 is 2.32 bits per heavy atom. The van der Waals surface area contributed by atoms with Crippen molar-refractivity contribution < 1.29 is 23.7 Å². The number of ether oxygens (including phenoxy) is 4. The van der Waals surface area contributed by atoms with Crippen molar-refractivity contribution in [3.8, 4) is 23.0 Å². The van der Waals surface area contributed by atoms with Crippen molar-refractivity contribution in [3.05, 3.63) is 40.7 Å². The van der Waals surface area contributed by atoms with E-state index in [1.807, 2.05) is 23.6 Å². The van der Waals surface area contributed by atoms with Crippen molar-refractivity contribution >= 4 is 27.5 Å². The summed E-state index contributed by atoms with van der Waals surface area (Å²) in [6.45, 7) is 4.78. The Bertz CT molecular complexity index is 1150. The minimum atomic E-state index is -0.317. The number of thiazole rings is 1. The first kappa shape index (κ1) is 17.1. The lowest BCUT2D eigenvalue weighted by molar-refractivity contribution is 0.0996. The van der Waals surface area contributed by atoms with Crippen LogP contribution in [0.4, 0.5) is 0 Å². The van der Waals surface area contributed by atoms with Crippen LogP contribution in [0.1, 0.15) is 17.3 Å². The topological polar surface area (TPSA) is 71.3 Å². The standard InChI is InChI=1S/C20H18N2O5S/c1-2-22-13-10-16-17(27-8-7-26-16)11-18(13)28-20(22)21-19(23)12-3-4-14-15(9-12)25-6-5-24-14/h3-4,9-11H,2,5-8H2,1H3. The molecule has 0 saturated heterocycles. The molecule has 0 atom stereocenters. The normalized spacial score (nSPS) is 15.7. The summed E-state index contributed by atoms with van der Waals surface area (Å²) in [6.07, 6.45) is 0. The quantitative estimate of drug-likeness (QED) is 0.664. The molecular weight excluding hydrogens is 380 g/mol. The van der Waals surface area contributed by atoms with Gasteiger partial charge >= 0.3 is 0 Å². The van der Waals surface area contributed by atoms with Crippen LogP contribution in [0.15, 0.2) is 35.3 Å². The fraction of sp³-hybridized carbons (Fsp3) is 0.300. The zero-order valence-electron chi connectivity index (χ0n) is 15.3. The van der Waals surface area contributed by atoms with E-state index in [-0.39, 0.29) is 5.91 Å². The highest BCUT2D eigenvalue weighted by atomic mass is 32.1. The molecule has 0 radical (unpaired) electrons. The smallest absolute Gasteiger partial charge is 0.279 e. The van der Waals surface area contributed by atoms with E-state index in [4.69, 9.17) is 18.9 Å². The van der Waals surface area contributed by atoms with Gasteiger partial charge in [0.2, 0.25) is 0 Å². The molecule has 2 aromatic carbocycles. The number of benzene rings is 2. The molecule has 7 nitrogen and oxygen atoms in total. The number of fused-ring (bicyclic) bond motifs is 3. The van der Waals surface area contributed by atoms with Crippen LogP contribution in [-0.2, 0) is 6.54 Å². The lowest BCUT2D eigenvalue weighted by Gasteiger charge is -2.18. The maximum Gasteiger partial charge on any atom is 0.279 e. The second kappa shape index (κ2) is 6.87. The summed E-state index contributed by atoms with van der Waals surface area (Å²) in [5.74, 6) is 2.37. The highest BCUT2D eigenvalue weighted by Gasteiger charge is 2.18. The number of nitrogens with zero attached hydrogens (tertiary/aromatic N) is 2. The molecule has 0 N–H and O–H groups in total. The second-order valence-corrected chi connectivity index (χ2v) is 7.38. The number of rotatable bonds is 2. The molecule has 0 aliphatic carbocycles. The zero-order chi connectivity index (χ0) is 19.1. The van der Waals surface area contributed by atoms with Crippen LogP contribution in [0.3, 0.4) is 0 Å². The summed E-state index contributed by atoms with van der Waals surface area (Å²) < 4.78 is 25.4. The Hall–Kier alpha value is -3.00. The first-order valence-electron chi connectivity index (χ1n) is 9.14. The monoisotopic (exact) mass is 398 g/mol. The molecule has 2 aliphatic rings. The lowest BCUT2D eigenvalue weighted by atomic mass is 10.2. The van der Waals surface area contributed by atoms with Crippen molar-refractivity contribution in [1.82, 2.24) is 4.57 Å². The highest BCUT2D eigenvalue weighted by molar-refractivity contribution is 7.16. The van der Waals surface area contributed by atoms with Gasteiger partial charge in [-0.25, -0.2) is 0 Å². The lowest BCUT2D eigenvalue weighted by Crippen LogP contribution is -2.17. The Morgan fingerprint density at radius 2 is 1.61 bits per heavy atom. The number of hydrogen-bond acceptors (Lipinski definition) is 6. The Morgan fingerprint density at radius 1 is 0.964 bits per heavy atom. The maximum absolute atomic E-state index is 12.8. The van der Waals surface area contributed by atoms with Gasteiger partial charge < -0.3 is 23.5 Å². The van der Waals surface area contributed by atoms with Gasteiger partial charge in [0.1, 0.15) is 26.4 Å². The summed E-state index contributed by atoms with van der Waals surface area (Å²) >= 11 is 1.46. The first-order valence-corrected chi connectivity index (χ1v) is 9.96. The maximum atomic E-state index is 12.8. The minimum Gasteiger partial charge on any atom is -0.486 e. The predicted octanol–water partition coefficient (Wildman–Crippen LogP) is 3.01. The summed E-state index contributed by atoms with van der Waals surface area (Å²) in [7, 11) is 0. The molecule has 1 aromatic heterocycles. The number of aryl methyl sites for hydroxylation is 1. The van der Waals surface area contributed by atoms with Crippen LogP contribution < -0.4 is 23.7 Å². The van der Waals surface area contributed by atoms with E-state index in [0.717, 1.165) is 21.7 Å². The van der Waals surface area contributed by atoms with Gasteiger partial charge in [0, 0.05) is 24.2 Å². The van der Waals surface area contributed by atoms with Crippen LogP contribution in [0.2, 0.25) is 0 Å². The van der Waals surface area contributed by atoms with Gasteiger partial charge in [-0.3, -0.25) is 4.79 Å². The van der Waals surface area contributed by atoms with Gasteiger partial charge in [-0.2, -0.15) is 4.99 Å². The van der Waals surface area contributed by atoms with Gasteiger partial charge in [-0.1, -0.05) is 11.3 Å². The number of aromatic nitrogens is 1. The molecule has 28 heavy (non-hydrogen) atoms. The third-order valence-electron chi connectivity index (χ3n) is 4.65. The van der Waals surface area contributed by atoms with Crippen LogP contribution in [-0.4, -0.2) is 36.9 Å². The molecule has 0 bridgehead atoms. The Kier molecular flexibility index (Phi) is 4.20. The largest absolute Gasteiger partial charge is 0.486 e. The van der Waals surface area contributed by atoms with Crippen LogP contribution >= 0.6 is 11.3 Å². The van der Waals surface area contributed by atoms with Crippen molar-refractivity contribution in [3.63, 3.8) is 0 Å². The van der Waals surface area contributed by atoms with E-state index in [0.29, 0.717) is 54.8 Å². The van der Waals surface area contributed by atoms with Gasteiger partial charge in [-0.05, 0) is 25.1 Å². The number of carbonyl (C=O) groups excluding carboxylic acids is 1. The first-order chi connectivity index (χ1) is 13.7. The SMILES string of the molecule is CCn1c(=NC(=O)c2ccc3c(c2)OCCO3)sc2cc3c(cc21)OCCO3. The van der Waals surface area contributed by atoms with Crippen LogP contribution in [0, 0.1) is 0 Å². The molecule has 2 aliphatic heterocycles. The second-order valence-electron chi connectivity index (χ2n) is 6.37. The predicted molar refractivity (Wildman–Crippen MR) is 104 cm³/mol. The fourth-order valence-corrected chi connectivity index (χ4v) is 4.43. The van der Waals surface area contributed by atoms with Gasteiger partial charge in [0.05, 0.1) is 10.2 Å². The molecule has 3 heterocycles.